The third-order valence-electron chi connectivity index (χ3n) is 3.55. The Morgan fingerprint density at radius 3 is 3.00 bits per heavy atom. The summed E-state index contributed by atoms with van der Waals surface area (Å²) in [7, 11) is 1.80. The number of rotatable bonds is 3. The van der Waals surface area contributed by atoms with Gasteiger partial charge in [0.25, 0.3) is 5.91 Å². The van der Waals surface area contributed by atoms with Crippen LogP contribution in [-0.2, 0) is 0 Å². The zero-order valence-corrected chi connectivity index (χ0v) is 11.1. The molecule has 2 N–H and O–H groups in total. The van der Waals surface area contributed by atoms with Crippen molar-refractivity contribution in [2.45, 2.75) is 38.6 Å². The lowest BCUT2D eigenvalue weighted by Gasteiger charge is -2.27. The van der Waals surface area contributed by atoms with Gasteiger partial charge in [-0.1, -0.05) is 19.8 Å². The van der Waals surface area contributed by atoms with Gasteiger partial charge in [-0.05, 0) is 30.9 Å². The van der Waals surface area contributed by atoms with Crippen molar-refractivity contribution in [1.82, 2.24) is 10.3 Å². The molecule has 4 nitrogen and oxygen atoms in total. The van der Waals surface area contributed by atoms with Crippen molar-refractivity contribution in [2.24, 2.45) is 5.92 Å². The average Bonchev–Trinajstić information content (AvgIpc) is 2.39. The Morgan fingerprint density at radius 1 is 1.44 bits per heavy atom. The molecule has 0 aliphatic heterocycles. The smallest absolute Gasteiger partial charge is 0.251 e. The topological polar surface area (TPSA) is 54.0 Å². The Bertz CT molecular complexity index is 419. The maximum absolute atomic E-state index is 12.1. The van der Waals surface area contributed by atoms with Crippen molar-refractivity contribution < 1.29 is 4.79 Å². The number of hydrogen-bond donors (Lipinski definition) is 2. The summed E-state index contributed by atoms with van der Waals surface area (Å²) in [6.45, 7) is 2.25. The standard InChI is InChI=1S/C14H21N3O/c1-10-4-3-5-12(8-10)17-14(18)11-6-7-16-13(9-11)15-2/h6-7,9-10,12H,3-5,8H2,1-2H3,(H,15,16)(H,17,18). The predicted molar refractivity (Wildman–Crippen MR) is 72.7 cm³/mol. The van der Waals surface area contributed by atoms with Crippen molar-refractivity contribution >= 4 is 11.7 Å². The monoisotopic (exact) mass is 247 g/mol. The fourth-order valence-corrected chi connectivity index (χ4v) is 2.54. The number of carbonyl (C=O) groups is 1. The van der Waals surface area contributed by atoms with Crippen molar-refractivity contribution in [3.05, 3.63) is 23.9 Å². The molecule has 1 amide bonds. The number of anilines is 1. The minimum absolute atomic E-state index is 0.00741. The molecule has 1 heterocycles. The second-order valence-electron chi connectivity index (χ2n) is 5.12. The number of hydrogen-bond acceptors (Lipinski definition) is 3. The number of amides is 1. The number of aromatic nitrogens is 1. The van der Waals surface area contributed by atoms with Gasteiger partial charge in [-0.2, -0.15) is 0 Å². The summed E-state index contributed by atoms with van der Waals surface area (Å²) in [4.78, 5) is 16.2. The van der Waals surface area contributed by atoms with Crippen LogP contribution in [0.2, 0.25) is 0 Å². The van der Waals surface area contributed by atoms with Gasteiger partial charge >= 0.3 is 0 Å². The van der Waals surface area contributed by atoms with E-state index in [1.165, 1.54) is 12.8 Å². The molecule has 0 saturated heterocycles. The first-order chi connectivity index (χ1) is 8.69. The second-order valence-corrected chi connectivity index (χ2v) is 5.12. The molecule has 1 aliphatic rings. The first-order valence-electron chi connectivity index (χ1n) is 6.63. The molecule has 0 aromatic carbocycles. The number of nitrogens with zero attached hydrogens (tertiary/aromatic N) is 1. The quantitative estimate of drug-likeness (QED) is 0.862. The Balaban J connectivity index is 1.98. The zero-order chi connectivity index (χ0) is 13.0. The Labute approximate surface area is 108 Å². The third kappa shape index (κ3) is 3.22. The summed E-state index contributed by atoms with van der Waals surface area (Å²) in [6, 6.07) is 3.86. The highest BCUT2D eigenvalue weighted by molar-refractivity contribution is 5.94. The molecule has 1 aromatic rings. The molecule has 1 saturated carbocycles. The van der Waals surface area contributed by atoms with Gasteiger partial charge in [0.2, 0.25) is 0 Å². The zero-order valence-electron chi connectivity index (χ0n) is 11.1. The highest BCUT2D eigenvalue weighted by Crippen LogP contribution is 2.23. The SMILES string of the molecule is CNc1cc(C(=O)NC2CCCC(C)C2)ccn1. The van der Waals surface area contributed by atoms with Gasteiger partial charge in [0.1, 0.15) is 5.82 Å². The van der Waals surface area contributed by atoms with Crippen LogP contribution in [0.25, 0.3) is 0 Å². The molecule has 2 unspecified atom stereocenters. The molecular formula is C14H21N3O. The van der Waals surface area contributed by atoms with E-state index in [0.717, 1.165) is 18.7 Å². The van der Waals surface area contributed by atoms with E-state index >= 15 is 0 Å². The highest BCUT2D eigenvalue weighted by atomic mass is 16.1. The Morgan fingerprint density at radius 2 is 2.28 bits per heavy atom. The van der Waals surface area contributed by atoms with Gasteiger partial charge in [-0.15, -0.1) is 0 Å². The number of pyridine rings is 1. The molecule has 4 heteroatoms. The lowest BCUT2D eigenvalue weighted by Crippen LogP contribution is -2.38. The minimum Gasteiger partial charge on any atom is -0.373 e. The summed E-state index contributed by atoms with van der Waals surface area (Å²) in [5, 5.41) is 6.06. The van der Waals surface area contributed by atoms with Crippen molar-refractivity contribution in [3.8, 4) is 0 Å². The van der Waals surface area contributed by atoms with Crippen LogP contribution in [0.3, 0.4) is 0 Å². The summed E-state index contributed by atoms with van der Waals surface area (Å²) < 4.78 is 0. The van der Waals surface area contributed by atoms with Crippen molar-refractivity contribution in [1.29, 1.82) is 0 Å². The van der Waals surface area contributed by atoms with E-state index < -0.39 is 0 Å². The highest BCUT2D eigenvalue weighted by Gasteiger charge is 2.20. The molecule has 2 atom stereocenters. The first-order valence-corrected chi connectivity index (χ1v) is 6.63. The molecule has 0 bridgehead atoms. The Hall–Kier alpha value is -1.58. The van der Waals surface area contributed by atoms with E-state index in [4.69, 9.17) is 0 Å². The maximum Gasteiger partial charge on any atom is 0.251 e. The molecule has 18 heavy (non-hydrogen) atoms. The summed E-state index contributed by atoms with van der Waals surface area (Å²) in [6.07, 6.45) is 6.34. The molecular weight excluding hydrogens is 226 g/mol. The van der Waals surface area contributed by atoms with Crippen LogP contribution in [-0.4, -0.2) is 24.0 Å². The van der Waals surface area contributed by atoms with Crippen LogP contribution in [0.5, 0.6) is 0 Å². The van der Waals surface area contributed by atoms with Crippen LogP contribution < -0.4 is 10.6 Å². The second kappa shape index (κ2) is 5.85. The van der Waals surface area contributed by atoms with E-state index in [0.29, 0.717) is 17.5 Å². The Kier molecular flexibility index (Phi) is 4.18. The van der Waals surface area contributed by atoms with Crippen LogP contribution in [0, 0.1) is 5.92 Å². The first kappa shape index (κ1) is 12.9. The van der Waals surface area contributed by atoms with Crippen LogP contribution >= 0.6 is 0 Å². The molecule has 1 aliphatic carbocycles. The minimum atomic E-state index is 0.00741. The molecule has 98 valence electrons. The summed E-state index contributed by atoms with van der Waals surface area (Å²) >= 11 is 0. The number of nitrogens with one attached hydrogen (secondary N) is 2. The van der Waals surface area contributed by atoms with E-state index in [1.807, 2.05) is 0 Å². The molecule has 0 radical (unpaired) electrons. The van der Waals surface area contributed by atoms with Gasteiger partial charge in [0.05, 0.1) is 0 Å². The van der Waals surface area contributed by atoms with E-state index in [9.17, 15) is 4.79 Å². The van der Waals surface area contributed by atoms with Crippen molar-refractivity contribution in [2.75, 3.05) is 12.4 Å². The van der Waals surface area contributed by atoms with Crippen LogP contribution in [0.4, 0.5) is 5.82 Å². The summed E-state index contributed by atoms with van der Waals surface area (Å²) in [5.41, 5.74) is 0.674. The van der Waals surface area contributed by atoms with Gasteiger partial charge in [-0.25, -0.2) is 4.98 Å². The van der Waals surface area contributed by atoms with Gasteiger partial charge in [0, 0.05) is 24.8 Å². The number of carbonyl (C=O) groups excluding carboxylic acids is 1. The van der Waals surface area contributed by atoms with Gasteiger partial charge < -0.3 is 10.6 Å². The largest absolute Gasteiger partial charge is 0.373 e. The van der Waals surface area contributed by atoms with Crippen molar-refractivity contribution in [3.63, 3.8) is 0 Å². The van der Waals surface area contributed by atoms with Crippen LogP contribution in [0.1, 0.15) is 43.0 Å². The average molecular weight is 247 g/mol. The normalized spacial score (nSPS) is 23.4. The van der Waals surface area contributed by atoms with Gasteiger partial charge in [-0.3, -0.25) is 4.79 Å². The molecule has 1 aromatic heterocycles. The lowest BCUT2D eigenvalue weighted by molar-refractivity contribution is 0.0921. The molecule has 0 spiro atoms. The van der Waals surface area contributed by atoms with Crippen LogP contribution in [0.15, 0.2) is 18.3 Å². The molecule has 2 rings (SSSR count). The lowest BCUT2D eigenvalue weighted by atomic mass is 9.87. The van der Waals surface area contributed by atoms with Gasteiger partial charge in [0.15, 0.2) is 0 Å². The summed E-state index contributed by atoms with van der Waals surface area (Å²) in [5.74, 6) is 1.45. The van der Waals surface area contributed by atoms with E-state index in [2.05, 4.69) is 22.5 Å². The fourth-order valence-electron chi connectivity index (χ4n) is 2.54. The van der Waals surface area contributed by atoms with E-state index in [-0.39, 0.29) is 5.91 Å². The van der Waals surface area contributed by atoms with E-state index in [1.54, 1.807) is 25.4 Å². The molecule has 1 fully saturated rings. The predicted octanol–water partition coefficient (Wildman–Crippen LogP) is 2.43. The maximum atomic E-state index is 12.1. The fraction of sp³-hybridized carbons (Fsp3) is 0.571. The third-order valence-corrected chi connectivity index (χ3v) is 3.55.